The highest BCUT2D eigenvalue weighted by molar-refractivity contribution is 5.16. The number of azide groups is 2. The van der Waals surface area contributed by atoms with E-state index in [2.05, 4.69) is 66.8 Å². The average Bonchev–Trinajstić information content (AvgIpc) is 3.43. The molecule has 15 unspecified atom stereocenters. The van der Waals surface area contributed by atoms with Gasteiger partial charge < -0.3 is 28.4 Å². The molecule has 4 fully saturated rings. The van der Waals surface area contributed by atoms with Crippen molar-refractivity contribution in [3.05, 3.63) is 56.8 Å². The van der Waals surface area contributed by atoms with Gasteiger partial charge in [0.25, 0.3) is 0 Å². The summed E-state index contributed by atoms with van der Waals surface area (Å²) < 4.78 is 38.5. The molecule has 4 aliphatic rings. The third-order valence-corrected chi connectivity index (χ3v) is 10.1. The van der Waals surface area contributed by atoms with E-state index in [1.165, 1.54) is 0 Å². The van der Waals surface area contributed by atoms with Gasteiger partial charge in [0.1, 0.15) is 6.10 Å². The minimum absolute atomic E-state index is 0.00491. The largest absolute Gasteiger partial charge is 0.349 e. The number of ether oxygens (including phenoxy) is 6. The summed E-state index contributed by atoms with van der Waals surface area (Å²) >= 11 is 0. The summed E-state index contributed by atoms with van der Waals surface area (Å²) in [7, 11) is 0. The van der Waals surface area contributed by atoms with Gasteiger partial charge in [-0.25, -0.2) is 0 Å². The molecule has 0 radical (unpaired) electrons. The van der Waals surface area contributed by atoms with Crippen LogP contribution in [0.4, 0.5) is 0 Å². The summed E-state index contributed by atoms with van der Waals surface area (Å²) in [6.45, 7) is 13.0. The van der Waals surface area contributed by atoms with Gasteiger partial charge in [0, 0.05) is 22.2 Å². The van der Waals surface area contributed by atoms with Crippen molar-refractivity contribution in [1.29, 1.82) is 0 Å². The summed E-state index contributed by atoms with van der Waals surface area (Å²) in [4.78, 5) is 6.16. The van der Waals surface area contributed by atoms with Gasteiger partial charge in [-0.05, 0) is 46.7 Å². The first-order chi connectivity index (χ1) is 20.3. The maximum absolute atomic E-state index is 9.38. The van der Waals surface area contributed by atoms with Crippen molar-refractivity contribution in [3.63, 3.8) is 0 Å². The lowest BCUT2D eigenvalue weighted by Crippen LogP contribution is -2.58. The van der Waals surface area contributed by atoms with Gasteiger partial charge in [-0.1, -0.05) is 82.1 Å². The SMILES string of the molecule is CCC1OC(OC2C(Cc3ccccc3)OC(OC3C4COC(O4)C(N=[N+]=[N-])C3C)C(C)C2C)C(N=[N+]=[N-])C(C)C1C. The monoisotopic (exact) mass is 584 g/mol. The van der Waals surface area contributed by atoms with Crippen LogP contribution in [0.15, 0.2) is 40.6 Å². The van der Waals surface area contributed by atoms with Crippen LogP contribution >= 0.6 is 0 Å². The molecule has 4 saturated heterocycles. The number of fused-ring (bicyclic) bond motifs is 2. The maximum Gasteiger partial charge on any atom is 0.167 e. The zero-order chi connectivity index (χ0) is 30.0. The van der Waals surface area contributed by atoms with Gasteiger partial charge in [-0.2, -0.15) is 0 Å². The molecule has 12 heteroatoms. The summed E-state index contributed by atoms with van der Waals surface area (Å²) in [5.41, 5.74) is 19.6. The van der Waals surface area contributed by atoms with Gasteiger partial charge in [-0.15, -0.1) is 0 Å². The van der Waals surface area contributed by atoms with Crippen molar-refractivity contribution >= 4 is 0 Å². The van der Waals surface area contributed by atoms with Crippen LogP contribution in [0.25, 0.3) is 20.9 Å². The Morgan fingerprint density at radius 3 is 2.12 bits per heavy atom. The van der Waals surface area contributed by atoms with Crippen molar-refractivity contribution < 1.29 is 28.4 Å². The molecule has 1 aromatic rings. The molecular weight excluding hydrogens is 540 g/mol. The number of hydrogen-bond acceptors (Lipinski definition) is 8. The molecule has 0 saturated carbocycles. The van der Waals surface area contributed by atoms with E-state index in [0.717, 1.165) is 12.0 Å². The standard InChI is InChI=1S/C30H44N6O6/c1-7-21-15(2)16(3)24(33-35-31)30(38-21)42-26-17(4)18(5)28(39-22(26)13-20-11-9-8-10-12-20)41-27-19(6)25(34-36-32)29-37-14-23(27)40-29/h8-12,15-19,21-30H,7,13-14H2,1-6H3. The molecule has 0 N–H and O–H groups in total. The fraction of sp³-hybridized carbons (Fsp3) is 0.800. The summed E-state index contributed by atoms with van der Waals surface area (Å²) in [5, 5.41) is 8.09. The summed E-state index contributed by atoms with van der Waals surface area (Å²) in [6.07, 6.45) is -1.64. The molecule has 4 aliphatic heterocycles. The van der Waals surface area contributed by atoms with Crippen LogP contribution in [0, 0.1) is 29.6 Å². The summed E-state index contributed by atoms with van der Waals surface area (Å²) in [5.74, 6) is 0.180. The second kappa shape index (κ2) is 13.5. The van der Waals surface area contributed by atoms with E-state index >= 15 is 0 Å². The van der Waals surface area contributed by atoms with Gasteiger partial charge in [-0.3, -0.25) is 0 Å². The van der Waals surface area contributed by atoms with E-state index in [1.807, 2.05) is 25.1 Å². The molecule has 0 aliphatic carbocycles. The van der Waals surface area contributed by atoms with Crippen molar-refractivity contribution in [2.45, 2.75) is 116 Å². The van der Waals surface area contributed by atoms with E-state index < -0.39 is 31.0 Å². The molecule has 0 amide bonds. The lowest BCUT2D eigenvalue weighted by molar-refractivity contribution is -0.331. The minimum atomic E-state index is -0.681. The van der Waals surface area contributed by atoms with E-state index in [-0.39, 0.29) is 60.1 Å². The molecule has 2 bridgehead atoms. The Bertz CT molecular complexity index is 1150. The highest BCUT2D eigenvalue weighted by Crippen LogP contribution is 2.42. The molecule has 4 heterocycles. The third kappa shape index (κ3) is 6.14. The Morgan fingerprint density at radius 1 is 0.762 bits per heavy atom. The number of benzene rings is 1. The Kier molecular flexibility index (Phi) is 9.97. The quantitative estimate of drug-likeness (QED) is 0.193. The third-order valence-electron chi connectivity index (χ3n) is 10.1. The smallest absolute Gasteiger partial charge is 0.167 e. The lowest BCUT2D eigenvalue weighted by Gasteiger charge is -2.50. The fourth-order valence-electron chi connectivity index (χ4n) is 7.02. The first kappa shape index (κ1) is 31.0. The highest BCUT2D eigenvalue weighted by Gasteiger charge is 2.53. The second-order valence-electron chi connectivity index (χ2n) is 12.4. The molecule has 12 nitrogen and oxygen atoms in total. The first-order valence-electron chi connectivity index (χ1n) is 15.3. The highest BCUT2D eigenvalue weighted by atomic mass is 16.8. The first-order valence-corrected chi connectivity index (χ1v) is 15.3. The van der Waals surface area contributed by atoms with Crippen molar-refractivity contribution in [2.24, 2.45) is 39.8 Å². The molecule has 0 spiro atoms. The van der Waals surface area contributed by atoms with Crippen LogP contribution in [0.1, 0.15) is 53.5 Å². The Balaban J connectivity index is 1.40. The molecule has 0 aromatic heterocycles. The van der Waals surface area contributed by atoms with Gasteiger partial charge >= 0.3 is 0 Å². The summed E-state index contributed by atoms with van der Waals surface area (Å²) in [6, 6.07) is 9.24. The van der Waals surface area contributed by atoms with Crippen molar-refractivity contribution in [2.75, 3.05) is 6.61 Å². The molecule has 1 aromatic carbocycles. The number of rotatable bonds is 9. The molecular formula is C30H44N6O6. The van der Waals surface area contributed by atoms with Crippen LogP contribution < -0.4 is 0 Å². The Hall–Kier alpha value is -2.40. The van der Waals surface area contributed by atoms with Gasteiger partial charge in [0.2, 0.25) is 0 Å². The minimum Gasteiger partial charge on any atom is -0.349 e. The van der Waals surface area contributed by atoms with Crippen LogP contribution in [0.5, 0.6) is 0 Å². The maximum atomic E-state index is 9.38. The Labute approximate surface area is 247 Å². The molecule has 5 rings (SSSR count). The predicted molar refractivity (Wildman–Crippen MR) is 154 cm³/mol. The average molecular weight is 585 g/mol. The fourth-order valence-corrected chi connectivity index (χ4v) is 7.02. The van der Waals surface area contributed by atoms with Crippen LogP contribution in [-0.4, -0.2) is 68.1 Å². The van der Waals surface area contributed by atoms with E-state index in [1.54, 1.807) is 0 Å². The lowest BCUT2D eigenvalue weighted by atomic mass is 9.80. The normalized spacial score (nSPS) is 45.0. The van der Waals surface area contributed by atoms with Crippen LogP contribution in [0.2, 0.25) is 0 Å². The van der Waals surface area contributed by atoms with Gasteiger partial charge in [0.15, 0.2) is 18.9 Å². The van der Waals surface area contributed by atoms with E-state index in [9.17, 15) is 5.53 Å². The van der Waals surface area contributed by atoms with E-state index in [0.29, 0.717) is 13.0 Å². The van der Waals surface area contributed by atoms with Crippen LogP contribution in [0.3, 0.4) is 0 Å². The number of hydrogen-bond donors (Lipinski definition) is 0. The molecule has 230 valence electrons. The van der Waals surface area contributed by atoms with Gasteiger partial charge in [0.05, 0.1) is 43.1 Å². The number of nitrogens with zero attached hydrogens (tertiary/aromatic N) is 6. The van der Waals surface area contributed by atoms with Crippen molar-refractivity contribution in [1.82, 2.24) is 0 Å². The Morgan fingerprint density at radius 2 is 1.43 bits per heavy atom. The molecule has 15 atom stereocenters. The zero-order valence-corrected chi connectivity index (χ0v) is 25.3. The predicted octanol–water partition coefficient (Wildman–Crippen LogP) is 6.15. The van der Waals surface area contributed by atoms with E-state index in [4.69, 9.17) is 34.0 Å². The molecule has 42 heavy (non-hydrogen) atoms. The van der Waals surface area contributed by atoms with Crippen molar-refractivity contribution in [3.8, 4) is 0 Å². The van der Waals surface area contributed by atoms with Crippen LogP contribution in [-0.2, 0) is 34.8 Å². The zero-order valence-electron chi connectivity index (χ0n) is 25.3. The second-order valence-corrected chi connectivity index (χ2v) is 12.4. The topological polar surface area (TPSA) is 153 Å².